The predicted octanol–water partition coefficient (Wildman–Crippen LogP) is 5.93. The van der Waals surface area contributed by atoms with Gasteiger partial charge in [0.05, 0.1) is 11.2 Å². The molecule has 0 aliphatic rings. The van der Waals surface area contributed by atoms with Gasteiger partial charge in [0, 0.05) is 22.5 Å². The maximum Gasteiger partial charge on any atom is 0.153 e. The number of aromatic amines is 2. The average molecular weight is 431 g/mol. The molecule has 4 N–H and O–H groups in total. The zero-order valence-electron chi connectivity index (χ0n) is 17.7. The summed E-state index contributed by atoms with van der Waals surface area (Å²) in [5.41, 5.74) is 13.0. The summed E-state index contributed by atoms with van der Waals surface area (Å²) in [7, 11) is 0. The average Bonchev–Trinajstić information content (AvgIpc) is 3.47. The van der Waals surface area contributed by atoms with Crippen molar-refractivity contribution in [2.45, 2.75) is 6.61 Å². The van der Waals surface area contributed by atoms with Crippen molar-refractivity contribution < 1.29 is 4.74 Å². The topological polar surface area (TPSA) is 92.6 Å². The number of pyridine rings is 1. The Morgan fingerprint density at radius 2 is 1.67 bits per heavy atom. The van der Waals surface area contributed by atoms with Crippen LogP contribution in [0.4, 0.5) is 5.82 Å². The molecular weight excluding hydrogens is 410 g/mol. The van der Waals surface area contributed by atoms with Crippen molar-refractivity contribution in [1.82, 2.24) is 20.2 Å². The second kappa shape index (κ2) is 7.84. The Morgan fingerprint density at radius 1 is 0.818 bits per heavy atom. The summed E-state index contributed by atoms with van der Waals surface area (Å²) in [4.78, 5) is 8.04. The molecule has 0 fully saturated rings. The van der Waals surface area contributed by atoms with Gasteiger partial charge in [-0.3, -0.25) is 5.10 Å². The second-order valence-electron chi connectivity index (χ2n) is 7.94. The van der Waals surface area contributed by atoms with E-state index in [0.717, 1.165) is 55.6 Å². The van der Waals surface area contributed by atoms with Crippen molar-refractivity contribution in [1.29, 1.82) is 0 Å². The van der Waals surface area contributed by atoms with Gasteiger partial charge in [-0.25, -0.2) is 4.98 Å². The first-order valence-electron chi connectivity index (χ1n) is 10.7. The third-order valence-corrected chi connectivity index (χ3v) is 5.85. The van der Waals surface area contributed by atoms with Crippen molar-refractivity contribution in [3.8, 4) is 28.1 Å². The number of nitrogens with zero attached hydrogens (tertiary/aromatic N) is 2. The van der Waals surface area contributed by atoms with Crippen molar-refractivity contribution in [3.05, 3.63) is 96.7 Å². The summed E-state index contributed by atoms with van der Waals surface area (Å²) in [5.74, 6) is 1.32. The fraction of sp³-hybridized carbons (Fsp3) is 0.0370. The normalized spacial score (nSPS) is 11.3. The minimum atomic E-state index is 0.497. The molecule has 0 unspecified atom stereocenters. The first kappa shape index (κ1) is 19.1. The van der Waals surface area contributed by atoms with E-state index in [1.54, 1.807) is 0 Å². The molecule has 0 saturated carbocycles. The molecule has 0 aliphatic heterocycles. The predicted molar refractivity (Wildman–Crippen MR) is 132 cm³/mol. The van der Waals surface area contributed by atoms with Gasteiger partial charge in [-0.05, 0) is 53.1 Å². The third kappa shape index (κ3) is 3.47. The molecule has 160 valence electrons. The molecule has 33 heavy (non-hydrogen) atoms. The van der Waals surface area contributed by atoms with Gasteiger partial charge in [0.2, 0.25) is 0 Å². The summed E-state index contributed by atoms with van der Waals surface area (Å²) in [6.45, 7) is 0.508. The lowest BCUT2D eigenvalue weighted by atomic mass is 10.0. The number of anilines is 1. The smallest absolute Gasteiger partial charge is 0.153 e. The van der Waals surface area contributed by atoms with E-state index in [-0.39, 0.29) is 0 Å². The molecule has 0 radical (unpaired) electrons. The van der Waals surface area contributed by atoms with Gasteiger partial charge >= 0.3 is 0 Å². The van der Waals surface area contributed by atoms with Crippen molar-refractivity contribution in [2.75, 3.05) is 5.73 Å². The van der Waals surface area contributed by atoms with Crippen molar-refractivity contribution in [3.63, 3.8) is 0 Å². The zero-order valence-corrected chi connectivity index (χ0v) is 17.7. The Morgan fingerprint density at radius 3 is 2.58 bits per heavy atom. The van der Waals surface area contributed by atoms with E-state index < -0.39 is 0 Å². The minimum absolute atomic E-state index is 0.497. The first-order chi connectivity index (χ1) is 16.3. The Labute approximate surface area is 190 Å². The van der Waals surface area contributed by atoms with E-state index >= 15 is 0 Å². The standard InChI is InChI=1S/C27H21N5O/c28-26-22-14-18(10-11-23(22)31-32-26)19-12-13-29-27-21(19)15-24(30-27)20-8-4-5-9-25(20)33-16-17-6-2-1-3-7-17/h1-15H,16H2,(H,29,30)(H3,28,31,32). The highest BCUT2D eigenvalue weighted by Crippen LogP contribution is 2.36. The summed E-state index contributed by atoms with van der Waals surface area (Å²) in [5, 5.41) is 9.00. The monoisotopic (exact) mass is 431 g/mol. The lowest BCUT2D eigenvalue weighted by molar-refractivity contribution is 0.307. The van der Waals surface area contributed by atoms with Crippen LogP contribution in [0, 0.1) is 0 Å². The lowest BCUT2D eigenvalue weighted by Gasteiger charge is -2.10. The molecule has 0 bridgehead atoms. The molecule has 6 rings (SSSR count). The van der Waals surface area contributed by atoms with Crippen LogP contribution in [0.15, 0.2) is 91.1 Å². The Kier molecular flexibility index (Phi) is 4.54. The van der Waals surface area contributed by atoms with Crippen LogP contribution in [0.5, 0.6) is 5.75 Å². The van der Waals surface area contributed by atoms with Gasteiger partial charge < -0.3 is 15.5 Å². The van der Waals surface area contributed by atoms with Gasteiger partial charge in [-0.15, -0.1) is 0 Å². The number of rotatable bonds is 5. The van der Waals surface area contributed by atoms with Gasteiger partial charge in [0.25, 0.3) is 0 Å². The van der Waals surface area contributed by atoms with Gasteiger partial charge in [-0.1, -0.05) is 48.5 Å². The molecular formula is C27H21N5O. The molecule has 3 aromatic heterocycles. The number of hydrogen-bond acceptors (Lipinski definition) is 4. The van der Waals surface area contributed by atoms with E-state index in [9.17, 15) is 0 Å². The van der Waals surface area contributed by atoms with Crippen LogP contribution in [-0.4, -0.2) is 20.2 Å². The third-order valence-electron chi connectivity index (χ3n) is 5.85. The summed E-state index contributed by atoms with van der Waals surface area (Å²) in [6.07, 6.45) is 1.82. The fourth-order valence-electron chi connectivity index (χ4n) is 4.18. The van der Waals surface area contributed by atoms with Crippen LogP contribution in [0.25, 0.3) is 44.3 Å². The molecule has 6 heteroatoms. The maximum absolute atomic E-state index is 6.18. The number of nitrogens with two attached hydrogens (primary N) is 1. The van der Waals surface area contributed by atoms with Gasteiger partial charge in [-0.2, -0.15) is 5.10 Å². The zero-order chi connectivity index (χ0) is 22.2. The number of para-hydroxylation sites is 1. The molecule has 3 aromatic carbocycles. The minimum Gasteiger partial charge on any atom is -0.488 e. The fourth-order valence-corrected chi connectivity index (χ4v) is 4.18. The second-order valence-corrected chi connectivity index (χ2v) is 7.94. The Hall–Kier alpha value is -4.58. The lowest BCUT2D eigenvalue weighted by Crippen LogP contribution is -1.96. The van der Waals surface area contributed by atoms with Gasteiger partial charge in [0.15, 0.2) is 5.82 Å². The largest absolute Gasteiger partial charge is 0.488 e. The molecule has 0 saturated heterocycles. The number of nitrogens with one attached hydrogen (secondary N) is 2. The number of H-pyrrole nitrogens is 2. The van der Waals surface area contributed by atoms with Crippen LogP contribution in [0.2, 0.25) is 0 Å². The Balaban J connectivity index is 1.41. The summed E-state index contributed by atoms with van der Waals surface area (Å²) in [6, 6.07) is 28.5. The van der Waals surface area contributed by atoms with E-state index in [1.807, 2.05) is 54.7 Å². The van der Waals surface area contributed by atoms with Crippen LogP contribution in [0.3, 0.4) is 0 Å². The number of nitrogen functional groups attached to an aromatic ring is 1. The summed E-state index contributed by atoms with van der Waals surface area (Å²) >= 11 is 0. The van der Waals surface area contributed by atoms with E-state index in [1.165, 1.54) is 0 Å². The van der Waals surface area contributed by atoms with E-state index in [2.05, 4.69) is 56.6 Å². The molecule has 6 aromatic rings. The van der Waals surface area contributed by atoms with Crippen LogP contribution < -0.4 is 10.5 Å². The highest BCUT2D eigenvalue weighted by Gasteiger charge is 2.14. The molecule has 6 nitrogen and oxygen atoms in total. The molecule has 0 amide bonds. The molecule has 3 heterocycles. The van der Waals surface area contributed by atoms with Crippen molar-refractivity contribution in [2.24, 2.45) is 0 Å². The van der Waals surface area contributed by atoms with Crippen LogP contribution in [-0.2, 0) is 6.61 Å². The number of benzene rings is 3. The molecule has 0 spiro atoms. The Bertz CT molecular complexity index is 1580. The van der Waals surface area contributed by atoms with Crippen molar-refractivity contribution >= 4 is 27.8 Å². The van der Waals surface area contributed by atoms with E-state index in [4.69, 9.17) is 10.5 Å². The molecule has 0 atom stereocenters. The highest BCUT2D eigenvalue weighted by molar-refractivity contribution is 6.00. The van der Waals surface area contributed by atoms with Gasteiger partial charge in [0.1, 0.15) is 18.0 Å². The van der Waals surface area contributed by atoms with Crippen LogP contribution in [0.1, 0.15) is 5.56 Å². The highest BCUT2D eigenvalue weighted by atomic mass is 16.5. The summed E-state index contributed by atoms with van der Waals surface area (Å²) < 4.78 is 6.18. The number of ether oxygens (including phenoxy) is 1. The maximum atomic E-state index is 6.18. The molecule has 0 aliphatic carbocycles. The number of hydrogen-bond donors (Lipinski definition) is 3. The first-order valence-corrected chi connectivity index (χ1v) is 10.7. The number of aromatic nitrogens is 4. The van der Waals surface area contributed by atoms with Crippen LogP contribution >= 0.6 is 0 Å². The quantitative estimate of drug-likeness (QED) is 0.315. The number of fused-ring (bicyclic) bond motifs is 2. The van der Waals surface area contributed by atoms with E-state index in [0.29, 0.717) is 12.4 Å². The SMILES string of the molecule is Nc1n[nH]c2ccc(-c3ccnc4[nH]c(-c5ccccc5OCc5ccccc5)cc34)cc12.